The third-order valence-corrected chi connectivity index (χ3v) is 3.59. The van der Waals surface area contributed by atoms with Gasteiger partial charge in [0.05, 0.1) is 13.7 Å². The molecule has 0 bridgehead atoms. The summed E-state index contributed by atoms with van der Waals surface area (Å²) in [4.78, 5) is 10.6. The summed E-state index contributed by atoms with van der Waals surface area (Å²) in [6.45, 7) is -0.142. The molecule has 0 aliphatic heterocycles. The van der Waals surface area contributed by atoms with Crippen LogP contribution in [0.5, 0.6) is 17.2 Å². The number of aliphatic hydroxyl groups excluding tert-OH is 1. The van der Waals surface area contributed by atoms with Gasteiger partial charge in [-0.2, -0.15) is 0 Å². The largest absolute Gasteiger partial charge is 0.504 e. The number of aliphatic hydroxyl groups is 1. The summed E-state index contributed by atoms with van der Waals surface area (Å²) in [6, 6.07) is 11.9. The maximum atomic E-state index is 10.6. The summed E-state index contributed by atoms with van der Waals surface area (Å²) >= 11 is 0. The fraction of sp³-hybridized carbons (Fsp3) is 0.278. The lowest BCUT2D eigenvalue weighted by Gasteiger charge is -2.18. The minimum Gasteiger partial charge on any atom is -0.504 e. The predicted octanol–water partition coefficient (Wildman–Crippen LogP) is 2.15. The number of ether oxygens (including phenoxy) is 2. The van der Waals surface area contributed by atoms with Gasteiger partial charge in [-0.05, 0) is 35.4 Å². The summed E-state index contributed by atoms with van der Waals surface area (Å²) < 4.78 is 10.8. The number of aromatic hydroxyl groups is 1. The second kappa shape index (κ2) is 8.79. The van der Waals surface area contributed by atoms with Crippen LogP contribution in [0.3, 0.4) is 0 Å². The molecule has 7 heteroatoms. The maximum Gasteiger partial charge on any atom is 0.404 e. The predicted molar refractivity (Wildman–Crippen MR) is 91.2 cm³/mol. The van der Waals surface area contributed by atoms with Crippen molar-refractivity contribution in [3.8, 4) is 17.2 Å². The van der Waals surface area contributed by atoms with Crippen molar-refractivity contribution in [1.82, 2.24) is 5.32 Å². The molecule has 0 aromatic heterocycles. The van der Waals surface area contributed by atoms with E-state index in [1.807, 2.05) is 24.3 Å². The van der Waals surface area contributed by atoms with E-state index >= 15 is 0 Å². The van der Waals surface area contributed by atoms with E-state index in [2.05, 4.69) is 5.32 Å². The SMILES string of the molecule is COc1ccc(CC(CO)Oc2cc(CNC(=O)O)ccc2O)cc1. The van der Waals surface area contributed by atoms with Gasteiger partial charge < -0.3 is 30.1 Å². The quantitative estimate of drug-likeness (QED) is 0.583. The number of phenolic OH excluding ortho intramolecular Hbond substituents is 1. The van der Waals surface area contributed by atoms with E-state index in [-0.39, 0.29) is 24.7 Å². The second-order valence-corrected chi connectivity index (χ2v) is 5.44. The number of benzene rings is 2. The van der Waals surface area contributed by atoms with Gasteiger partial charge in [0, 0.05) is 13.0 Å². The highest BCUT2D eigenvalue weighted by molar-refractivity contribution is 5.64. The standard InChI is InChI=1S/C18H21NO6/c1-24-14-5-2-12(3-6-14)8-15(11-20)25-17-9-13(4-7-16(17)21)10-19-18(22)23/h2-7,9,15,19-21H,8,10-11H2,1H3,(H,22,23). The minimum atomic E-state index is -1.14. The number of carboxylic acid groups (broad SMARTS) is 1. The van der Waals surface area contributed by atoms with E-state index in [1.165, 1.54) is 6.07 Å². The molecule has 1 atom stereocenters. The Morgan fingerprint density at radius 3 is 2.44 bits per heavy atom. The molecule has 7 nitrogen and oxygen atoms in total. The Balaban J connectivity index is 2.06. The van der Waals surface area contributed by atoms with Crippen molar-refractivity contribution in [1.29, 1.82) is 0 Å². The molecule has 2 rings (SSSR count). The molecule has 4 N–H and O–H groups in total. The van der Waals surface area contributed by atoms with Crippen LogP contribution in [-0.4, -0.2) is 41.2 Å². The normalized spacial score (nSPS) is 11.6. The van der Waals surface area contributed by atoms with Crippen LogP contribution in [-0.2, 0) is 13.0 Å². The highest BCUT2D eigenvalue weighted by Gasteiger charge is 2.14. The molecule has 0 aliphatic rings. The molecule has 2 aromatic rings. The van der Waals surface area contributed by atoms with E-state index < -0.39 is 12.2 Å². The van der Waals surface area contributed by atoms with Crippen molar-refractivity contribution >= 4 is 6.09 Å². The Labute approximate surface area is 145 Å². The molecule has 0 spiro atoms. The van der Waals surface area contributed by atoms with Gasteiger partial charge in [0.15, 0.2) is 11.5 Å². The number of amides is 1. The Morgan fingerprint density at radius 2 is 1.84 bits per heavy atom. The molecule has 1 amide bonds. The maximum absolute atomic E-state index is 10.6. The molecule has 0 fully saturated rings. The number of carbonyl (C=O) groups is 1. The zero-order chi connectivity index (χ0) is 18.2. The van der Waals surface area contributed by atoms with Crippen molar-refractivity contribution < 1.29 is 29.6 Å². The Morgan fingerprint density at radius 1 is 1.16 bits per heavy atom. The summed E-state index contributed by atoms with van der Waals surface area (Å²) in [5, 5.41) is 30.4. The van der Waals surface area contributed by atoms with Crippen LogP contribution in [0.1, 0.15) is 11.1 Å². The van der Waals surface area contributed by atoms with E-state index in [9.17, 15) is 15.0 Å². The van der Waals surface area contributed by atoms with Gasteiger partial charge in [-0.15, -0.1) is 0 Å². The van der Waals surface area contributed by atoms with Gasteiger partial charge in [-0.3, -0.25) is 0 Å². The van der Waals surface area contributed by atoms with Crippen molar-refractivity contribution in [3.05, 3.63) is 53.6 Å². The van der Waals surface area contributed by atoms with E-state index in [0.29, 0.717) is 12.0 Å². The van der Waals surface area contributed by atoms with Gasteiger partial charge in [-0.25, -0.2) is 4.79 Å². The van der Waals surface area contributed by atoms with Crippen molar-refractivity contribution in [2.45, 2.75) is 19.1 Å². The van der Waals surface area contributed by atoms with Crippen LogP contribution in [0.4, 0.5) is 4.79 Å². The van der Waals surface area contributed by atoms with Crippen LogP contribution in [0, 0.1) is 0 Å². The fourth-order valence-electron chi connectivity index (χ4n) is 2.29. The number of hydrogen-bond donors (Lipinski definition) is 4. The van der Waals surface area contributed by atoms with Gasteiger partial charge in [0.25, 0.3) is 0 Å². The second-order valence-electron chi connectivity index (χ2n) is 5.44. The number of rotatable bonds is 8. The van der Waals surface area contributed by atoms with Crippen molar-refractivity contribution in [2.24, 2.45) is 0 Å². The first kappa shape index (κ1) is 18.4. The molecule has 0 saturated heterocycles. The molecule has 134 valence electrons. The first-order chi connectivity index (χ1) is 12.0. The number of nitrogens with one attached hydrogen (secondary N) is 1. The minimum absolute atomic E-state index is 0.0766. The Hall–Kier alpha value is -2.93. The van der Waals surface area contributed by atoms with Crippen LogP contribution >= 0.6 is 0 Å². The monoisotopic (exact) mass is 347 g/mol. The Bertz CT molecular complexity index is 701. The average Bonchev–Trinajstić information content (AvgIpc) is 2.62. The molecular weight excluding hydrogens is 326 g/mol. The van der Waals surface area contributed by atoms with Gasteiger partial charge >= 0.3 is 6.09 Å². The van der Waals surface area contributed by atoms with Gasteiger partial charge in [-0.1, -0.05) is 18.2 Å². The molecular formula is C18H21NO6. The van der Waals surface area contributed by atoms with Gasteiger partial charge in [0.1, 0.15) is 11.9 Å². The van der Waals surface area contributed by atoms with E-state index in [4.69, 9.17) is 14.6 Å². The van der Waals surface area contributed by atoms with Crippen molar-refractivity contribution in [2.75, 3.05) is 13.7 Å². The first-order valence-electron chi connectivity index (χ1n) is 7.71. The van der Waals surface area contributed by atoms with Crippen molar-refractivity contribution in [3.63, 3.8) is 0 Å². The molecule has 0 radical (unpaired) electrons. The van der Waals surface area contributed by atoms with E-state index in [0.717, 1.165) is 11.3 Å². The van der Waals surface area contributed by atoms with Crippen LogP contribution in [0.25, 0.3) is 0 Å². The molecule has 25 heavy (non-hydrogen) atoms. The van der Waals surface area contributed by atoms with Crippen LogP contribution in [0.2, 0.25) is 0 Å². The molecule has 0 heterocycles. The summed E-state index contributed by atoms with van der Waals surface area (Å²) in [6.07, 6.45) is -1.25. The number of phenols is 1. The average molecular weight is 347 g/mol. The highest BCUT2D eigenvalue weighted by atomic mass is 16.5. The topological polar surface area (TPSA) is 108 Å². The number of methoxy groups -OCH3 is 1. The van der Waals surface area contributed by atoms with Crippen LogP contribution < -0.4 is 14.8 Å². The summed E-state index contributed by atoms with van der Waals surface area (Å²) in [7, 11) is 1.59. The third-order valence-electron chi connectivity index (χ3n) is 3.59. The van der Waals surface area contributed by atoms with E-state index in [1.54, 1.807) is 19.2 Å². The van der Waals surface area contributed by atoms with Crippen LogP contribution in [0.15, 0.2) is 42.5 Å². The highest BCUT2D eigenvalue weighted by Crippen LogP contribution is 2.28. The van der Waals surface area contributed by atoms with Gasteiger partial charge in [0.2, 0.25) is 0 Å². The molecule has 0 saturated carbocycles. The number of hydrogen-bond acceptors (Lipinski definition) is 5. The molecule has 2 aromatic carbocycles. The fourth-order valence-corrected chi connectivity index (χ4v) is 2.29. The summed E-state index contributed by atoms with van der Waals surface area (Å²) in [5.41, 5.74) is 1.58. The molecule has 1 unspecified atom stereocenters. The molecule has 0 aliphatic carbocycles. The Kier molecular flexibility index (Phi) is 6.47. The lowest BCUT2D eigenvalue weighted by molar-refractivity contribution is 0.112. The smallest absolute Gasteiger partial charge is 0.404 e. The zero-order valence-electron chi connectivity index (χ0n) is 13.8. The third kappa shape index (κ3) is 5.58. The zero-order valence-corrected chi connectivity index (χ0v) is 13.8. The first-order valence-corrected chi connectivity index (χ1v) is 7.71. The lowest BCUT2D eigenvalue weighted by Crippen LogP contribution is -2.24. The summed E-state index contributed by atoms with van der Waals surface area (Å²) in [5.74, 6) is 0.853. The lowest BCUT2D eigenvalue weighted by atomic mass is 10.1.